The van der Waals surface area contributed by atoms with Crippen molar-refractivity contribution in [2.45, 2.75) is 58.5 Å². The van der Waals surface area contributed by atoms with Crippen LogP contribution < -0.4 is 0 Å². The van der Waals surface area contributed by atoms with Crippen molar-refractivity contribution in [3.05, 3.63) is 11.7 Å². The first kappa shape index (κ1) is 12.2. The zero-order valence-electron chi connectivity index (χ0n) is 11.5. The van der Waals surface area contributed by atoms with Gasteiger partial charge in [-0.2, -0.15) is 4.98 Å². The molecule has 1 aliphatic heterocycles. The maximum Gasteiger partial charge on any atom is 0.226 e. The van der Waals surface area contributed by atoms with E-state index in [2.05, 4.69) is 30.9 Å². The standard InChI is InChI=1S/C14H22N2O2/c1-14(2,3)12-10(6-7-17-12)13-15-11(18-16-13)8-9-4-5-9/h9-10,12H,4-8H2,1-3H3/t10-,12-/m0/s1. The van der Waals surface area contributed by atoms with E-state index in [1.165, 1.54) is 12.8 Å². The van der Waals surface area contributed by atoms with Crippen molar-refractivity contribution in [3.63, 3.8) is 0 Å². The first-order chi connectivity index (χ1) is 8.54. The molecule has 18 heavy (non-hydrogen) atoms. The summed E-state index contributed by atoms with van der Waals surface area (Å²) in [7, 11) is 0. The minimum atomic E-state index is 0.123. The fourth-order valence-electron chi connectivity index (χ4n) is 2.78. The van der Waals surface area contributed by atoms with Gasteiger partial charge >= 0.3 is 0 Å². The van der Waals surface area contributed by atoms with Gasteiger partial charge in [-0.1, -0.05) is 25.9 Å². The van der Waals surface area contributed by atoms with Crippen molar-refractivity contribution in [1.29, 1.82) is 0 Å². The van der Waals surface area contributed by atoms with Gasteiger partial charge in [-0.15, -0.1) is 0 Å². The highest BCUT2D eigenvalue weighted by atomic mass is 16.5. The Bertz CT molecular complexity index is 418. The Hall–Kier alpha value is -0.900. The molecule has 1 aromatic heterocycles. The number of hydrogen-bond donors (Lipinski definition) is 0. The quantitative estimate of drug-likeness (QED) is 0.827. The summed E-state index contributed by atoms with van der Waals surface area (Å²) in [5, 5.41) is 4.18. The van der Waals surface area contributed by atoms with E-state index < -0.39 is 0 Å². The Morgan fingerprint density at radius 2 is 2.00 bits per heavy atom. The maximum atomic E-state index is 5.87. The van der Waals surface area contributed by atoms with Gasteiger partial charge in [0.05, 0.1) is 12.0 Å². The molecule has 0 radical (unpaired) electrons. The molecule has 1 aliphatic carbocycles. The van der Waals surface area contributed by atoms with Gasteiger partial charge in [0, 0.05) is 13.0 Å². The molecule has 2 fully saturated rings. The van der Waals surface area contributed by atoms with Crippen molar-refractivity contribution in [2.75, 3.05) is 6.61 Å². The van der Waals surface area contributed by atoms with E-state index in [9.17, 15) is 0 Å². The molecule has 0 bridgehead atoms. The molecule has 0 spiro atoms. The number of nitrogens with zero attached hydrogens (tertiary/aromatic N) is 2. The van der Waals surface area contributed by atoms with E-state index in [0.717, 1.165) is 37.1 Å². The van der Waals surface area contributed by atoms with Gasteiger partial charge in [0.25, 0.3) is 0 Å². The molecular formula is C14H22N2O2. The van der Waals surface area contributed by atoms with E-state index in [-0.39, 0.29) is 11.5 Å². The molecule has 3 rings (SSSR count). The van der Waals surface area contributed by atoms with Gasteiger partial charge in [-0.05, 0) is 30.6 Å². The lowest BCUT2D eigenvalue weighted by Gasteiger charge is -2.29. The molecule has 0 aromatic carbocycles. The summed E-state index contributed by atoms with van der Waals surface area (Å²) in [6, 6.07) is 0. The average Bonchev–Trinajstić information content (AvgIpc) is 2.81. The van der Waals surface area contributed by atoms with Crippen LogP contribution in [0.4, 0.5) is 0 Å². The van der Waals surface area contributed by atoms with Crippen LogP contribution in [0.25, 0.3) is 0 Å². The van der Waals surface area contributed by atoms with Gasteiger partial charge in [0.1, 0.15) is 0 Å². The fourth-order valence-corrected chi connectivity index (χ4v) is 2.78. The third-order valence-electron chi connectivity index (χ3n) is 3.92. The lowest BCUT2D eigenvalue weighted by Crippen LogP contribution is -2.30. The predicted octanol–water partition coefficient (Wildman–Crippen LogP) is 2.94. The van der Waals surface area contributed by atoms with E-state index in [4.69, 9.17) is 9.26 Å². The minimum absolute atomic E-state index is 0.123. The lowest BCUT2D eigenvalue weighted by molar-refractivity contribution is 0.0193. The molecular weight excluding hydrogens is 228 g/mol. The van der Waals surface area contributed by atoms with Crippen LogP contribution in [0.15, 0.2) is 4.52 Å². The fraction of sp³-hybridized carbons (Fsp3) is 0.857. The molecule has 2 heterocycles. The molecule has 0 unspecified atom stereocenters. The van der Waals surface area contributed by atoms with Crippen LogP contribution in [-0.2, 0) is 11.2 Å². The number of hydrogen-bond acceptors (Lipinski definition) is 4. The summed E-state index contributed by atoms with van der Waals surface area (Å²) >= 11 is 0. The molecule has 1 saturated heterocycles. The predicted molar refractivity (Wildman–Crippen MR) is 67.3 cm³/mol. The highest BCUT2D eigenvalue weighted by Gasteiger charge is 2.40. The Labute approximate surface area is 108 Å². The van der Waals surface area contributed by atoms with Gasteiger partial charge in [0.15, 0.2) is 5.82 Å². The summed E-state index contributed by atoms with van der Waals surface area (Å²) in [5.74, 6) is 2.74. The number of rotatable bonds is 3. The van der Waals surface area contributed by atoms with Crippen LogP contribution in [0.1, 0.15) is 57.7 Å². The van der Waals surface area contributed by atoms with E-state index >= 15 is 0 Å². The largest absolute Gasteiger partial charge is 0.377 e. The SMILES string of the molecule is CC(C)(C)[C@H]1OCC[C@@H]1c1noc(CC2CC2)n1. The van der Waals surface area contributed by atoms with Crippen LogP contribution in [0.5, 0.6) is 0 Å². The molecule has 2 atom stereocenters. The molecule has 100 valence electrons. The Morgan fingerprint density at radius 3 is 2.67 bits per heavy atom. The van der Waals surface area contributed by atoms with Crippen molar-refractivity contribution >= 4 is 0 Å². The summed E-state index contributed by atoms with van der Waals surface area (Å²) in [6.45, 7) is 7.43. The highest BCUT2D eigenvalue weighted by Crippen LogP contribution is 2.40. The third kappa shape index (κ3) is 2.44. The molecule has 0 N–H and O–H groups in total. The van der Waals surface area contributed by atoms with Gasteiger partial charge in [-0.3, -0.25) is 0 Å². The topological polar surface area (TPSA) is 48.2 Å². The van der Waals surface area contributed by atoms with Crippen LogP contribution in [0.2, 0.25) is 0 Å². The van der Waals surface area contributed by atoms with Crippen LogP contribution in [-0.4, -0.2) is 22.9 Å². The monoisotopic (exact) mass is 250 g/mol. The van der Waals surface area contributed by atoms with Gasteiger partial charge < -0.3 is 9.26 Å². The Kier molecular flexibility index (Phi) is 2.93. The van der Waals surface area contributed by atoms with Crippen molar-refractivity contribution < 1.29 is 9.26 Å². The molecule has 2 aliphatic rings. The van der Waals surface area contributed by atoms with E-state index in [0.29, 0.717) is 5.92 Å². The summed E-state index contributed by atoms with van der Waals surface area (Å²) in [5.41, 5.74) is 0.123. The zero-order chi connectivity index (χ0) is 12.8. The minimum Gasteiger partial charge on any atom is -0.377 e. The summed E-state index contributed by atoms with van der Waals surface area (Å²) < 4.78 is 11.2. The van der Waals surface area contributed by atoms with Crippen LogP contribution >= 0.6 is 0 Å². The molecule has 1 saturated carbocycles. The average molecular weight is 250 g/mol. The van der Waals surface area contributed by atoms with Crippen LogP contribution in [0.3, 0.4) is 0 Å². The Balaban J connectivity index is 1.74. The molecule has 0 amide bonds. The molecule has 1 aromatic rings. The molecule has 4 nitrogen and oxygen atoms in total. The van der Waals surface area contributed by atoms with Crippen molar-refractivity contribution in [2.24, 2.45) is 11.3 Å². The summed E-state index contributed by atoms with van der Waals surface area (Å²) in [4.78, 5) is 4.58. The van der Waals surface area contributed by atoms with Crippen molar-refractivity contribution in [1.82, 2.24) is 10.1 Å². The third-order valence-corrected chi connectivity index (χ3v) is 3.92. The Morgan fingerprint density at radius 1 is 1.22 bits per heavy atom. The van der Waals surface area contributed by atoms with Crippen molar-refractivity contribution in [3.8, 4) is 0 Å². The second-order valence-electron chi connectivity index (χ2n) is 6.75. The number of aromatic nitrogens is 2. The highest BCUT2D eigenvalue weighted by molar-refractivity contribution is 5.05. The lowest BCUT2D eigenvalue weighted by atomic mass is 9.81. The van der Waals surface area contributed by atoms with E-state index in [1.54, 1.807) is 0 Å². The van der Waals surface area contributed by atoms with Crippen LogP contribution in [0, 0.1) is 11.3 Å². The maximum absolute atomic E-state index is 5.87. The normalized spacial score (nSPS) is 28.8. The van der Waals surface area contributed by atoms with Gasteiger partial charge in [0.2, 0.25) is 5.89 Å². The smallest absolute Gasteiger partial charge is 0.226 e. The summed E-state index contributed by atoms with van der Waals surface area (Å²) in [6.07, 6.45) is 4.79. The van der Waals surface area contributed by atoms with E-state index in [1.807, 2.05) is 0 Å². The molecule has 4 heteroatoms. The van der Waals surface area contributed by atoms with Gasteiger partial charge in [-0.25, -0.2) is 0 Å². The number of ether oxygens (including phenoxy) is 1. The first-order valence-corrected chi connectivity index (χ1v) is 6.98. The second-order valence-corrected chi connectivity index (χ2v) is 6.75. The second kappa shape index (κ2) is 4.34. The zero-order valence-corrected chi connectivity index (χ0v) is 11.5. The first-order valence-electron chi connectivity index (χ1n) is 6.98.